The summed E-state index contributed by atoms with van der Waals surface area (Å²) in [6.45, 7) is 0.133. The molecule has 0 bridgehead atoms. The maximum Gasteiger partial charge on any atom is 0.238 e. The van der Waals surface area contributed by atoms with Crippen molar-refractivity contribution in [2.75, 3.05) is 11.9 Å². The molecule has 0 aliphatic heterocycles. The first-order valence-corrected chi connectivity index (χ1v) is 7.03. The number of nitrogens with one attached hydrogen (secondary N) is 2. The highest BCUT2D eigenvalue weighted by Gasteiger charge is 2.17. The predicted octanol–water partition coefficient (Wildman–Crippen LogP) is 3.20. The number of rotatable bonds is 4. The van der Waals surface area contributed by atoms with E-state index in [4.69, 9.17) is 0 Å². The van der Waals surface area contributed by atoms with Crippen LogP contribution in [-0.4, -0.2) is 18.5 Å². The van der Waals surface area contributed by atoms with Gasteiger partial charge in [0.2, 0.25) is 5.91 Å². The van der Waals surface area contributed by atoms with Crippen LogP contribution in [0.15, 0.2) is 16.6 Å². The monoisotopic (exact) mass is 332 g/mol. The van der Waals surface area contributed by atoms with Crippen molar-refractivity contribution < 1.29 is 13.6 Å². The Hall–Kier alpha value is -1.01. The van der Waals surface area contributed by atoms with Gasteiger partial charge in [-0.1, -0.05) is 12.8 Å². The molecule has 3 nitrogen and oxygen atoms in total. The molecule has 19 heavy (non-hydrogen) atoms. The van der Waals surface area contributed by atoms with Crippen LogP contribution in [0.5, 0.6) is 0 Å². The van der Waals surface area contributed by atoms with Gasteiger partial charge in [-0.2, -0.15) is 0 Å². The van der Waals surface area contributed by atoms with Crippen LogP contribution in [0, 0.1) is 11.6 Å². The summed E-state index contributed by atoms with van der Waals surface area (Å²) in [5, 5.41) is 5.57. The lowest BCUT2D eigenvalue weighted by Gasteiger charge is -2.13. The Morgan fingerprint density at radius 1 is 1.32 bits per heavy atom. The van der Waals surface area contributed by atoms with Crippen LogP contribution in [0.4, 0.5) is 14.5 Å². The molecule has 1 fully saturated rings. The molecule has 1 saturated carbocycles. The fraction of sp³-hybridized carbons (Fsp3) is 0.462. The van der Waals surface area contributed by atoms with E-state index in [0.29, 0.717) is 6.04 Å². The minimum atomic E-state index is -0.791. The van der Waals surface area contributed by atoms with Crippen LogP contribution < -0.4 is 10.6 Å². The van der Waals surface area contributed by atoms with Crippen molar-refractivity contribution in [3.8, 4) is 0 Å². The van der Waals surface area contributed by atoms with Crippen LogP contribution in [0.2, 0.25) is 0 Å². The fourth-order valence-electron chi connectivity index (χ4n) is 2.21. The van der Waals surface area contributed by atoms with Gasteiger partial charge in [-0.3, -0.25) is 4.79 Å². The first-order valence-electron chi connectivity index (χ1n) is 6.24. The van der Waals surface area contributed by atoms with Gasteiger partial charge >= 0.3 is 0 Å². The molecule has 0 spiro atoms. The number of carbonyl (C=O) groups excluding carboxylic acids is 1. The van der Waals surface area contributed by atoms with Gasteiger partial charge in [-0.15, -0.1) is 0 Å². The number of hydrogen-bond donors (Lipinski definition) is 2. The zero-order chi connectivity index (χ0) is 13.8. The van der Waals surface area contributed by atoms with Crippen molar-refractivity contribution in [1.82, 2.24) is 5.32 Å². The molecule has 0 unspecified atom stereocenters. The number of carbonyl (C=O) groups is 1. The van der Waals surface area contributed by atoms with Gasteiger partial charge in [-0.05, 0) is 34.8 Å². The van der Waals surface area contributed by atoms with E-state index in [1.807, 2.05) is 0 Å². The van der Waals surface area contributed by atoms with Crippen LogP contribution in [0.3, 0.4) is 0 Å². The highest BCUT2D eigenvalue weighted by molar-refractivity contribution is 9.10. The summed E-state index contributed by atoms with van der Waals surface area (Å²) in [6.07, 6.45) is 4.50. The summed E-state index contributed by atoms with van der Waals surface area (Å²) in [5.41, 5.74) is -0.0281. The maximum atomic E-state index is 13.5. The van der Waals surface area contributed by atoms with Crippen molar-refractivity contribution in [3.63, 3.8) is 0 Å². The Kier molecular flexibility index (Phi) is 4.87. The standard InChI is InChI=1S/C13H15BrF2N2O/c14-10-5-8(15)6-11(16)13(10)18-12(19)7-17-9-3-1-2-4-9/h5-6,9,17H,1-4,7H2,(H,18,19). The summed E-state index contributed by atoms with van der Waals surface area (Å²) in [6, 6.07) is 2.22. The van der Waals surface area contributed by atoms with Gasteiger partial charge in [-0.25, -0.2) is 8.78 Å². The Morgan fingerprint density at radius 3 is 2.63 bits per heavy atom. The van der Waals surface area contributed by atoms with E-state index in [2.05, 4.69) is 26.6 Å². The van der Waals surface area contributed by atoms with Crippen molar-refractivity contribution in [3.05, 3.63) is 28.2 Å². The summed E-state index contributed by atoms with van der Waals surface area (Å²) in [5.74, 6) is -1.81. The van der Waals surface area contributed by atoms with Gasteiger partial charge in [0.05, 0.1) is 12.2 Å². The van der Waals surface area contributed by atoms with E-state index in [-0.39, 0.29) is 22.6 Å². The highest BCUT2D eigenvalue weighted by Crippen LogP contribution is 2.26. The molecule has 0 radical (unpaired) electrons. The van der Waals surface area contributed by atoms with Gasteiger partial charge < -0.3 is 10.6 Å². The van der Waals surface area contributed by atoms with Crippen LogP contribution in [0.1, 0.15) is 25.7 Å². The lowest BCUT2D eigenvalue weighted by atomic mass is 10.2. The molecule has 1 aromatic carbocycles. The molecule has 6 heteroatoms. The highest BCUT2D eigenvalue weighted by atomic mass is 79.9. The lowest BCUT2D eigenvalue weighted by Crippen LogP contribution is -2.34. The van der Waals surface area contributed by atoms with E-state index in [0.717, 1.165) is 25.0 Å². The molecule has 0 heterocycles. The third kappa shape index (κ3) is 3.98. The molecular formula is C13H15BrF2N2O. The molecule has 1 aliphatic rings. The lowest BCUT2D eigenvalue weighted by molar-refractivity contribution is -0.115. The molecule has 104 valence electrons. The van der Waals surface area contributed by atoms with E-state index < -0.39 is 11.6 Å². The number of halogens is 3. The Labute approximate surface area is 118 Å². The third-order valence-corrected chi connectivity index (χ3v) is 3.80. The van der Waals surface area contributed by atoms with Crippen LogP contribution in [0.25, 0.3) is 0 Å². The third-order valence-electron chi connectivity index (χ3n) is 3.18. The number of anilines is 1. The second-order valence-electron chi connectivity index (χ2n) is 4.65. The molecule has 1 aromatic rings. The molecule has 1 aliphatic carbocycles. The second-order valence-corrected chi connectivity index (χ2v) is 5.51. The number of amides is 1. The Balaban J connectivity index is 1.91. The van der Waals surface area contributed by atoms with E-state index in [1.165, 1.54) is 12.8 Å². The molecule has 1 amide bonds. The average molecular weight is 333 g/mol. The van der Waals surface area contributed by atoms with Crippen LogP contribution >= 0.6 is 15.9 Å². The van der Waals surface area contributed by atoms with Gasteiger partial charge in [0.1, 0.15) is 5.82 Å². The Bertz CT molecular complexity index is 453. The maximum absolute atomic E-state index is 13.5. The quantitative estimate of drug-likeness (QED) is 0.888. The summed E-state index contributed by atoms with van der Waals surface area (Å²) in [4.78, 5) is 11.7. The Morgan fingerprint density at radius 2 is 2.00 bits per heavy atom. The first-order chi connectivity index (χ1) is 9.06. The summed E-state index contributed by atoms with van der Waals surface area (Å²) < 4.78 is 26.6. The predicted molar refractivity (Wildman–Crippen MR) is 72.9 cm³/mol. The van der Waals surface area contributed by atoms with Crippen LogP contribution in [-0.2, 0) is 4.79 Å². The zero-order valence-corrected chi connectivity index (χ0v) is 11.9. The smallest absolute Gasteiger partial charge is 0.238 e. The first kappa shape index (κ1) is 14.4. The van der Waals surface area contributed by atoms with Gasteiger partial charge in [0.25, 0.3) is 0 Å². The topological polar surface area (TPSA) is 41.1 Å². The summed E-state index contributed by atoms with van der Waals surface area (Å²) in [7, 11) is 0. The molecule has 0 atom stereocenters. The van der Waals surface area contributed by atoms with Gasteiger partial charge in [0.15, 0.2) is 5.82 Å². The van der Waals surface area contributed by atoms with E-state index in [9.17, 15) is 13.6 Å². The summed E-state index contributed by atoms with van der Waals surface area (Å²) >= 11 is 3.03. The second kappa shape index (κ2) is 6.43. The van der Waals surface area contributed by atoms with E-state index in [1.54, 1.807) is 0 Å². The molecular weight excluding hydrogens is 318 g/mol. The van der Waals surface area contributed by atoms with Crippen molar-refractivity contribution in [2.24, 2.45) is 0 Å². The minimum absolute atomic E-state index is 0.0281. The number of benzene rings is 1. The largest absolute Gasteiger partial charge is 0.322 e. The average Bonchev–Trinajstić information content (AvgIpc) is 2.84. The van der Waals surface area contributed by atoms with Crippen molar-refractivity contribution in [2.45, 2.75) is 31.7 Å². The van der Waals surface area contributed by atoms with Crippen molar-refractivity contribution in [1.29, 1.82) is 0 Å². The van der Waals surface area contributed by atoms with E-state index >= 15 is 0 Å². The SMILES string of the molecule is O=C(CNC1CCCC1)Nc1c(F)cc(F)cc1Br. The minimum Gasteiger partial charge on any atom is -0.322 e. The van der Waals surface area contributed by atoms with Crippen molar-refractivity contribution >= 4 is 27.5 Å². The normalized spacial score (nSPS) is 15.7. The van der Waals surface area contributed by atoms with Gasteiger partial charge in [0, 0.05) is 16.6 Å². The molecule has 2 N–H and O–H groups in total. The number of hydrogen-bond acceptors (Lipinski definition) is 2. The zero-order valence-electron chi connectivity index (χ0n) is 10.3. The molecule has 2 rings (SSSR count). The molecule has 0 saturated heterocycles. The molecule has 0 aromatic heterocycles. The fourth-order valence-corrected chi connectivity index (χ4v) is 2.72.